The van der Waals surface area contributed by atoms with Crippen LogP contribution in [0.25, 0.3) is 10.2 Å². The van der Waals surface area contributed by atoms with Crippen LogP contribution in [0.3, 0.4) is 0 Å². The predicted molar refractivity (Wildman–Crippen MR) is 83.3 cm³/mol. The van der Waals surface area contributed by atoms with Gasteiger partial charge in [0.2, 0.25) is 0 Å². The molecule has 0 atom stereocenters. The highest BCUT2D eigenvalue weighted by atomic mass is 32.1. The first-order chi connectivity index (χ1) is 9.76. The number of thiophene rings is 1. The van der Waals surface area contributed by atoms with Crippen molar-refractivity contribution in [1.29, 1.82) is 0 Å². The van der Waals surface area contributed by atoms with E-state index in [-0.39, 0.29) is 12.0 Å². The van der Waals surface area contributed by atoms with Gasteiger partial charge in [0, 0.05) is 18.4 Å². The first kappa shape index (κ1) is 13.8. The van der Waals surface area contributed by atoms with Crippen LogP contribution in [0.5, 0.6) is 0 Å². The predicted octanol–water partition coefficient (Wildman–Crippen LogP) is 3.22. The van der Waals surface area contributed by atoms with E-state index in [1.165, 1.54) is 12.8 Å². The molecule has 1 saturated carbocycles. The number of hydrogen-bond donors (Lipinski definition) is 2. The topological polar surface area (TPSA) is 58.0 Å². The molecular weight excluding hydrogens is 270 g/mol. The van der Waals surface area contributed by atoms with Crippen LogP contribution in [0.1, 0.15) is 38.4 Å². The van der Waals surface area contributed by atoms with E-state index in [1.807, 2.05) is 0 Å². The van der Waals surface area contributed by atoms with Gasteiger partial charge in [-0.25, -0.2) is 9.97 Å². The Morgan fingerprint density at radius 1 is 1.35 bits per heavy atom. The molecule has 0 spiro atoms. The molecule has 0 aliphatic heterocycles. The molecule has 3 rings (SSSR count). The molecule has 1 aliphatic rings. The van der Waals surface area contributed by atoms with Gasteiger partial charge in [0.1, 0.15) is 16.5 Å². The summed E-state index contributed by atoms with van der Waals surface area (Å²) < 4.78 is 0. The van der Waals surface area contributed by atoms with Crippen LogP contribution in [-0.4, -0.2) is 28.2 Å². The lowest BCUT2D eigenvalue weighted by Crippen LogP contribution is -2.30. The standard InChI is InChI=1S/C15H21N3OS/c1-2-12-17-13(11-5-8-20-14(11)18-12)16-9-15(10-19)6-3-4-7-15/h5,8,19H,2-4,6-7,9-10H2,1H3,(H,16,17,18). The number of aryl methyl sites for hydroxylation is 1. The van der Waals surface area contributed by atoms with Crippen LogP contribution in [0.15, 0.2) is 11.4 Å². The number of aromatic nitrogens is 2. The summed E-state index contributed by atoms with van der Waals surface area (Å²) in [6.07, 6.45) is 5.50. The second kappa shape index (κ2) is 5.66. The Hall–Kier alpha value is -1.20. The fraction of sp³-hybridized carbons (Fsp3) is 0.600. The number of aliphatic hydroxyl groups is 1. The first-order valence-corrected chi connectivity index (χ1v) is 8.23. The molecule has 2 aromatic heterocycles. The van der Waals surface area contributed by atoms with E-state index in [0.29, 0.717) is 0 Å². The molecule has 0 bridgehead atoms. The fourth-order valence-electron chi connectivity index (χ4n) is 2.98. The molecule has 0 unspecified atom stereocenters. The van der Waals surface area contributed by atoms with Gasteiger partial charge in [0.25, 0.3) is 0 Å². The third kappa shape index (κ3) is 2.52. The van der Waals surface area contributed by atoms with Crippen LogP contribution < -0.4 is 5.32 Å². The van der Waals surface area contributed by atoms with Gasteiger partial charge in [-0.05, 0) is 24.3 Å². The van der Waals surface area contributed by atoms with Crippen LogP contribution in [0.2, 0.25) is 0 Å². The van der Waals surface area contributed by atoms with E-state index in [4.69, 9.17) is 0 Å². The minimum absolute atomic E-state index is 0.0413. The van der Waals surface area contributed by atoms with E-state index in [2.05, 4.69) is 33.7 Å². The molecule has 2 heterocycles. The van der Waals surface area contributed by atoms with Gasteiger partial charge in [-0.15, -0.1) is 11.3 Å². The molecule has 20 heavy (non-hydrogen) atoms. The molecule has 0 saturated heterocycles. The zero-order valence-electron chi connectivity index (χ0n) is 11.9. The summed E-state index contributed by atoms with van der Waals surface area (Å²) in [6.45, 7) is 3.14. The van der Waals surface area contributed by atoms with Gasteiger partial charge < -0.3 is 10.4 Å². The fourth-order valence-corrected chi connectivity index (χ4v) is 3.76. The Balaban J connectivity index is 1.84. The zero-order chi connectivity index (χ0) is 14.0. The molecule has 4 nitrogen and oxygen atoms in total. The largest absolute Gasteiger partial charge is 0.396 e. The average Bonchev–Trinajstić information content (AvgIpc) is 3.14. The van der Waals surface area contributed by atoms with Crippen molar-refractivity contribution in [2.24, 2.45) is 5.41 Å². The van der Waals surface area contributed by atoms with E-state index >= 15 is 0 Å². The van der Waals surface area contributed by atoms with E-state index in [0.717, 1.165) is 47.7 Å². The first-order valence-electron chi connectivity index (χ1n) is 7.35. The van der Waals surface area contributed by atoms with Crippen molar-refractivity contribution in [2.45, 2.75) is 39.0 Å². The number of hydrogen-bond acceptors (Lipinski definition) is 5. The second-order valence-electron chi connectivity index (χ2n) is 5.70. The summed E-state index contributed by atoms with van der Waals surface area (Å²) in [7, 11) is 0. The van der Waals surface area contributed by atoms with Gasteiger partial charge in [0.15, 0.2) is 0 Å². The second-order valence-corrected chi connectivity index (χ2v) is 6.59. The molecule has 108 valence electrons. The summed E-state index contributed by atoms with van der Waals surface area (Å²) in [6, 6.07) is 2.07. The molecule has 1 aliphatic carbocycles. The lowest BCUT2D eigenvalue weighted by atomic mass is 9.87. The van der Waals surface area contributed by atoms with Crippen molar-refractivity contribution in [1.82, 2.24) is 9.97 Å². The molecule has 2 N–H and O–H groups in total. The zero-order valence-corrected chi connectivity index (χ0v) is 12.7. The van der Waals surface area contributed by atoms with E-state index < -0.39 is 0 Å². The maximum atomic E-state index is 9.70. The Morgan fingerprint density at radius 2 is 2.15 bits per heavy atom. The number of anilines is 1. The van der Waals surface area contributed by atoms with Gasteiger partial charge in [0.05, 0.1) is 12.0 Å². The number of fused-ring (bicyclic) bond motifs is 1. The molecule has 1 fully saturated rings. The highest BCUT2D eigenvalue weighted by Crippen LogP contribution is 2.38. The SMILES string of the molecule is CCc1nc(NCC2(CO)CCCC2)c2ccsc2n1. The molecule has 0 aromatic carbocycles. The smallest absolute Gasteiger partial charge is 0.138 e. The van der Waals surface area contributed by atoms with Crippen LogP contribution in [0.4, 0.5) is 5.82 Å². The summed E-state index contributed by atoms with van der Waals surface area (Å²) in [5, 5.41) is 16.3. The Bertz CT molecular complexity index is 590. The summed E-state index contributed by atoms with van der Waals surface area (Å²) in [4.78, 5) is 10.2. The van der Waals surface area contributed by atoms with Crippen LogP contribution >= 0.6 is 11.3 Å². The van der Waals surface area contributed by atoms with Crippen LogP contribution in [0, 0.1) is 5.41 Å². The van der Waals surface area contributed by atoms with Crippen LogP contribution in [-0.2, 0) is 6.42 Å². The third-order valence-electron chi connectivity index (χ3n) is 4.32. The highest BCUT2D eigenvalue weighted by molar-refractivity contribution is 7.16. The van der Waals surface area contributed by atoms with Crippen molar-refractivity contribution in [3.63, 3.8) is 0 Å². The lowest BCUT2D eigenvalue weighted by Gasteiger charge is -2.27. The molecule has 0 amide bonds. The molecule has 2 aromatic rings. The Labute approximate surface area is 123 Å². The quantitative estimate of drug-likeness (QED) is 0.888. The van der Waals surface area contributed by atoms with Gasteiger partial charge in [-0.2, -0.15) is 0 Å². The maximum Gasteiger partial charge on any atom is 0.138 e. The minimum Gasteiger partial charge on any atom is -0.396 e. The van der Waals surface area contributed by atoms with Crippen molar-refractivity contribution < 1.29 is 5.11 Å². The maximum absolute atomic E-state index is 9.70. The van der Waals surface area contributed by atoms with E-state index in [9.17, 15) is 5.11 Å². The van der Waals surface area contributed by atoms with Crippen molar-refractivity contribution >= 4 is 27.4 Å². The minimum atomic E-state index is 0.0413. The van der Waals surface area contributed by atoms with Gasteiger partial charge >= 0.3 is 0 Å². The number of rotatable bonds is 5. The monoisotopic (exact) mass is 291 g/mol. The average molecular weight is 291 g/mol. The molecule has 0 radical (unpaired) electrons. The molecular formula is C15H21N3OS. The van der Waals surface area contributed by atoms with Gasteiger partial charge in [-0.3, -0.25) is 0 Å². The normalized spacial score (nSPS) is 17.7. The Kier molecular flexibility index (Phi) is 3.89. The number of nitrogens with one attached hydrogen (secondary N) is 1. The third-order valence-corrected chi connectivity index (χ3v) is 5.12. The van der Waals surface area contributed by atoms with E-state index in [1.54, 1.807) is 11.3 Å². The Morgan fingerprint density at radius 3 is 2.85 bits per heavy atom. The van der Waals surface area contributed by atoms with Gasteiger partial charge in [-0.1, -0.05) is 19.8 Å². The highest BCUT2D eigenvalue weighted by Gasteiger charge is 2.33. The number of aliphatic hydroxyl groups excluding tert-OH is 1. The summed E-state index contributed by atoms with van der Waals surface area (Å²) >= 11 is 1.65. The summed E-state index contributed by atoms with van der Waals surface area (Å²) in [5.74, 6) is 1.81. The summed E-state index contributed by atoms with van der Waals surface area (Å²) in [5.41, 5.74) is 0.0413. The number of nitrogens with zero attached hydrogens (tertiary/aromatic N) is 2. The van der Waals surface area contributed by atoms with Crippen molar-refractivity contribution in [2.75, 3.05) is 18.5 Å². The lowest BCUT2D eigenvalue weighted by molar-refractivity contribution is 0.142. The molecule has 5 heteroatoms. The van der Waals surface area contributed by atoms with Crippen molar-refractivity contribution in [3.05, 3.63) is 17.3 Å². The van der Waals surface area contributed by atoms with Crippen molar-refractivity contribution in [3.8, 4) is 0 Å².